The summed E-state index contributed by atoms with van der Waals surface area (Å²) in [6, 6.07) is 16.6. The highest BCUT2D eigenvalue weighted by Gasteiger charge is 2.43. The van der Waals surface area contributed by atoms with E-state index in [0.29, 0.717) is 20.6 Å². The normalized spacial score (nSPS) is 11.7. The quantitative estimate of drug-likeness (QED) is 0.197. The molecule has 238 valence electrons. The lowest BCUT2D eigenvalue weighted by Gasteiger charge is -2.25. The maximum Gasteiger partial charge on any atom is 0.471 e. The van der Waals surface area contributed by atoms with Crippen LogP contribution in [0.25, 0.3) is 28.0 Å². The number of carbonyl (C=O) groups excluding carboxylic acids is 1. The third-order valence-electron chi connectivity index (χ3n) is 7.14. The van der Waals surface area contributed by atoms with E-state index in [4.69, 9.17) is 0 Å². The van der Waals surface area contributed by atoms with Gasteiger partial charge in [-0.15, -0.1) is 0 Å². The number of nitrogens with one attached hydrogen (secondary N) is 1. The van der Waals surface area contributed by atoms with Crippen LogP contribution in [0, 0.1) is 18.6 Å². The number of pyridine rings is 1. The van der Waals surface area contributed by atoms with Crippen LogP contribution in [0.1, 0.15) is 11.1 Å². The Bertz CT molecular complexity index is 1940. The van der Waals surface area contributed by atoms with E-state index in [0.717, 1.165) is 24.3 Å². The summed E-state index contributed by atoms with van der Waals surface area (Å²) in [5.74, 6) is -4.54. The van der Waals surface area contributed by atoms with Crippen molar-refractivity contribution >= 4 is 28.6 Å². The highest BCUT2D eigenvalue weighted by Crippen LogP contribution is 2.35. The van der Waals surface area contributed by atoms with Gasteiger partial charge in [0, 0.05) is 22.7 Å². The Labute approximate surface area is 258 Å². The summed E-state index contributed by atoms with van der Waals surface area (Å²) in [6.07, 6.45) is -5.21. The van der Waals surface area contributed by atoms with Gasteiger partial charge < -0.3 is 20.4 Å². The van der Waals surface area contributed by atoms with Crippen LogP contribution in [-0.2, 0) is 11.3 Å². The summed E-state index contributed by atoms with van der Waals surface area (Å²) in [7, 11) is 0. The van der Waals surface area contributed by atoms with E-state index in [1.807, 2.05) is 0 Å². The molecule has 0 bridgehead atoms. The number of hydrogen-bond donors (Lipinski definition) is 3. The molecule has 46 heavy (non-hydrogen) atoms. The standard InChI is InChI=1S/C32H26F5N5O4/c1-18-10-11-21(41(30(46)32(35,36)37)15-19-6-3-2-4-7-19)14-23(18)27-22-12-13-26(45)42(28-24(33)8-5-9-25(28)34)29(22)40-31(39-27)38-20(16-43)17-44/h2-14,20,43-44H,15-17H2,1H3,(H,38,39,40). The van der Waals surface area contributed by atoms with E-state index in [-0.39, 0.29) is 33.9 Å². The van der Waals surface area contributed by atoms with Gasteiger partial charge in [-0.1, -0.05) is 42.5 Å². The molecule has 0 spiro atoms. The fourth-order valence-electron chi connectivity index (χ4n) is 4.87. The zero-order valence-electron chi connectivity index (χ0n) is 24.1. The third-order valence-corrected chi connectivity index (χ3v) is 7.14. The van der Waals surface area contributed by atoms with Crippen molar-refractivity contribution in [2.24, 2.45) is 0 Å². The summed E-state index contributed by atoms with van der Waals surface area (Å²) < 4.78 is 72.1. The molecule has 2 heterocycles. The number of halogens is 5. The number of fused-ring (bicyclic) bond motifs is 1. The maximum absolute atomic E-state index is 15.0. The number of para-hydroxylation sites is 1. The number of benzene rings is 3. The zero-order valence-corrected chi connectivity index (χ0v) is 24.1. The van der Waals surface area contributed by atoms with Gasteiger partial charge in [-0.05, 0) is 48.4 Å². The Balaban J connectivity index is 1.79. The summed E-state index contributed by atoms with van der Waals surface area (Å²) in [6.45, 7) is 0.0719. The van der Waals surface area contributed by atoms with Crippen LogP contribution in [0.5, 0.6) is 0 Å². The molecule has 5 rings (SSSR count). The van der Waals surface area contributed by atoms with Crippen molar-refractivity contribution in [3.8, 4) is 16.9 Å². The second-order valence-electron chi connectivity index (χ2n) is 10.3. The van der Waals surface area contributed by atoms with Crippen LogP contribution in [0.15, 0.2) is 83.7 Å². The van der Waals surface area contributed by atoms with Gasteiger partial charge in [-0.3, -0.25) is 14.2 Å². The van der Waals surface area contributed by atoms with Crippen molar-refractivity contribution in [1.29, 1.82) is 0 Å². The second kappa shape index (κ2) is 13.0. The molecular weight excluding hydrogens is 613 g/mol. The van der Waals surface area contributed by atoms with Crippen LogP contribution >= 0.6 is 0 Å². The van der Waals surface area contributed by atoms with Crippen molar-refractivity contribution < 1.29 is 37.0 Å². The second-order valence-corrected chi connectivity index (χ2v) is 10.3. The predicted molar refractivity (Wildman–Crippen MR) is 160 cm³/mol. The van der Waals surface area contributed by atoms with Gasteiger partial charge in [0.15, 0.2) is 5.65 Å². The summed E-state index contributed by atoms with van der Waals surface area (Å²) in [5, 5.41) is 22.1. The molecule has 5 aromatic rings. The Hall–Kier alpha value is -5.21. The average Bonchev–Trinajstić information content (AvgIpc) is 3.03. The lowest BCUT2D eigenvalue weighted by Crippen LogP contribution is -2.40. The topological polar surface area (TPSA) is 121 Å². The molecule has 3 aromatic carbocycles. The largest absolute Gasteiger partial charge is 0.471 e. The highest BCUT2D eigenvalue weighted by molar-refractivity contribution is 5.99. The number of amides is 1. The number of alkyl halides is 3. The van der Waals surface area contributed by atoms with E-state index in [2.05, 4.69) is 15.3 Å². The number of carbonyl (C=O) groups is 1. The number of aliphatic hydroxyl groups is 2. The van der Waals surface area contributed by atoms with Gasteiger partial charge in [-0.25, -0.2) is 13.8 Å². The number of hydrogen-bond acceptors (Lipinski definition) is 7. The number of aliphatic hydroxyl groups excluding tert-OH is 2. The molecule has 0 saturated heterocycles. The van der Waals surface area contributed by atoms with E-state index >= 15 is 0 Å². The predicted octanol–water partition coefficient (Wildman–Crippen LogP) is 4.89. The van der Waals surface area contributed by atoms with Crippen LogP contribution < -0.4 is 15.8 Å². The molecule has 2 aromatic heterocycles. The minimum atomic E-state index is -5.21. The molecule has 1 amide bonds. The van der Waals surface area contributed by atoms with E-state index in [1.54, 1.807) is 37.3 Å². The van der Waals surface area contributed by atoms with Crippen molar-refractivity contribution in [1.82, 2.24) is 14.5 Å². The highest BCUT2D eigenvalue weighted by atomic mass is 19.4. The van der Waals surface area contributed by atoms with Gasteiger partial charge in [0.1, 0.15) is 17.3 Å². The molecule has 0 fully saturated rings. The van der Waals surface area contributed by atoms with Crippen molar-refractivity contribution in [3.05, 3.63) is 112 Å². The number of aryl methyl sites for hydroxylation is 1. The Morgan fingerprint density at radius 3 is 2.24 bits per heavy atom. The molecule has 0 aliphatic rings. The summed E-state index contributed by atoms with van der Waals surface area (Å²) in [4.78, 5) is 35.1. The van der Waals surface area contributed by atoms with Crippen LogP contribution in [0.4, 0.5) is 33.6 Å². The number of aromatic nitrogens is 3. The number of rotatable bonds is 9. The molecule has 0 aliphatic heterocycles. The molecule has 0 unspecified atom stereocenters. The van der Waals surface area contributed by atoms with E-state index in [9.17, 15) is 41.8 Å². The molecule has 0 aliphatic carbocycles. The van der Waals surface area contributed by atoms with Gasteiger partial charge in [-0.2, -0.15) is 18.2 Å². The summed E-state index contributed by atoms with van der Waals surface area (Å²) >= 11 is 0. The Kier molecular flexibility index (Phi) is 9.12. The smallest absolute Gasteiger partial charge is 0.394 e. The molecule has 9 nitrogen and oxygen atoms in total. The molecule has 3 N–H and O–H groups in total. The molecule has 0 atom stereocenters. The average molecular weight is 640 g/mol. The SMILES string of the molecule is Cc1ccc(N(Cc2ccccc2)C(=O)C(F)(F)F)cc1-c1nc(NC(CO)CO)nc2c1ccc(=O)n2-c1c(F)cccc1F. The van der Waals surface area contributed by atoms with Gasteiger partial charge in [0.05, 0.1) is 31.5 Å². The molecule has 14 heteroatoms. The molecule has 0 saturated carbocycles. The summed E-state index contributed by atoms with van der Waals surface area (Å²) in [5.41, 5.74) is -0.884. The first-order valence-corrected chi connectivity index (χ1v) is 13.8. The first kappa shape index (κ1) is 32.2. The third kappa shape index (κ3) is 6.43. The van der Waals surface area contributed by atoms with Crippen LogP contribution in [0.3, 0.4) is 0 Å². The Morgan fingerprint density at radius 2 is 1.61 bits per heavy atom. The molecule has 0 radical (unpaired) electrons. The van der Waals surface area contributed by atoms with Crippen molar-refractivity contribution in [2.75, 3.05) is 23.4 Å². The fraction of sp³-hybridized carbons (Fsp3) is 0.188. The van der Waals surface area contributed by atoms with Crippen molar-refractivity contribution in [3.63, 3.8) is 0 Å². The van der Waals surface area contributed by atoms with Crippen LogP contribution in [0.2, 0.25) is 0 Å². The first-order valence-electron chi connectivity index (χ1n) is 13.8. The number of nitrogens with zero attached hydrogens (tertiary/aromatic N) is 4. The van der Waals surface area contributed by atoms with Gasteiger partial charge >= 0.3 is 12.1 Å². The minimum Gasteiger partial charge on any atom is -0.394 e. The van der Waals surface area contributed by atoms with Gasteiger partial charge in [0.2, 0.25) is 5.95 Å². The lowest BCUT2D eigenvalue weighted by atomic mass is 10.0. The number of anilines is 2. The monoisotopic (exact) mass is 639 g/mol. The molecular formula is C32H26F5N5O4. The van der Waals surface area contributed by atoms with Crippen LogP contribution in [-0.4, -0.2) is 56.1 Å². The van der Waals surface area contributed by atoms with Gasteiger partial charge in [0.25, 0.3) is 5.56 Å². The zero-order chi connectivity index (χ0) is 33.2. The van der Waals surface area contributed by atoms with Crippen molar-refractivity contribution in [2.45, 2.75) is 25.7 Å². The first-order chi connectivity index (χ1) is 21.9. The maximum atomic E-state index is 15.0. The lowest BCUT2D eigenvalue weighted by molar-refractivity contribution is -0.170. The van der Waals surface area contributed by atoms with E-state index < -0.39 is 60.8 Å². The van der Waals surface area contributed by atoms with E-state index in [1.165, 1.54) is 24.3 Å². The minimum absolute atomic E-state index is 0.0195. The Morgan fingerprint density at radius 1 is 0.935 bits per heavy atom. The fourth-order valence-corrected chi connectivity index (χ4v) is 4.87.